The molecule has 3 nitrogen and oxygen atoms in total. The van der Waals surface area contributed by atoms with Gasteiger partial charge in [-0.3, -0.25) is 4.79 Å². The molecule has 0 amide bonds. The Morgan fingerprint density at radius 1 is 1.40 bits per heavy atom. The smallest absolute Gasteiger partial charge is 0.312 e. The van der Waals surface area contributed by atoms with Crippen molar-refractivity contribution in [3.05, 3.63) is 0 Å². The fraction of sp³-hybridized carbons (Fsp3) is 0.917. The average Bonchev–Trinajstić information content (AvgIpc) is 2.37. The first kappa shape index (κ1) is 12.5. The van der Waals surface area contributed by atoms with Crippen LogP contribution in [0.3, 0.4) is 0 Å². The summed E-state index contributed by atoms with van der Waals surface area (Å²) in [7, 11) is 0. The van der Waals surface area contributed by atoms with E-state index in [4.69, 9.17) is 4.74 Å². The van der Waals surface area contributed by atoms with E-state index in [0.29, 0.717) is 5.92 Å². The molecule has 1 heterocycles. The number of unbranched alkanes of at least 4 members (excludes halogenated alkanes) is 1. The molecule has 1 aliphatic rings. The zero-order chi connectivity index (χ0) is 11.4. The molecule has 88 valence electrons. The Bertz CT molecular complexity index is 213. The standard InChI is InChI=1S/C12H22O3/c1-8(2)6-4-5-7-10-11(13)9(3)15-12(10)14/h8-11,13H,4-7H2,1-3H3. The number of carbonyl (C=O) groups excluding carboxylic acids is 1. The molecule has 3 heteroatoms. The van der Waals surface area contributed by atoms with E-state index in [2.05, 4.69) is 13.8 Å². The molecule has 0 aliphatic carbocycles. The minimum absolute atomic E-state index is 0.223. The first-order chi connectivity index (χ1) is 7.02. The van der Waals surface area contributed by atoms with Crippen LogP contribution in [0.4, 0.5) is 0 Å². The van der Waals surface area contributed by atoms with E-state index in [9.17, 15) is 9.90 Å². The molecule has 1 aliphatic heterocycles. The molecule has 0 spiro atoms. The Kier molecular flexibility index (Phi) is 4.58. The third-order valence-electron chi connectivity index (χ3n) is 3.04. The lowest BCUT2D eigenvalue weighted by molar-refractivity contribution is -0.143. The molecule has 0 radical (unpaired) electrons. The van der Waals surface area contributed by atoms with E-state index < -0.39 is 6.10 Å². The van der Waals surface area contributed by atoms with Gasteiger partial charge >= 0.3 is 5.97 Å². The molecule has 3 atom stereocenters. The highest BCUT2D eigenvalue weighted by Crippen LogP contribution is 2.26. The third-order valence-corrected chi connectivity index (χ3v) is 3.04. The van der Waals surface area contributed by atoms with Gasteiger partial charge in [0.1, 0.15) is 12.2 Å². The molecule has 1 N–H and O–H groups in total. The maximum atomic E-state index is 11.3. The van der Waals surface area contributed by atoms with Gasteiger partial charge in [0.25, 0.3) is 0 Å². The summed E-state index contributed by atoms with van der Waals surface area (Å²) in [6.07, 6.45) is 3.15. The van der Waals surface area contributed by atoms with E-state index in [1.807, 2.05) is 0 Å². The Labute approximate surface area is 91.8 Å². The lowest BCUT2D eigenvalue weighted by atomic mass is 9.94. The van der Waals surface area contributed by atoms with Gasteiger partial charge in [-0.05, 0) is 19.3 Å². The van der Waals surface area contributed by atoms with Crippen LogP contribution in [0.5, 0.6) is 0 Å². The van der Waals surface area contributed by atoms with Crippen molar-refractivity contribution in [3.63, 3.8) is 0 Å². The molecule has 1 rings (SSSR count). The van der Waals surface area contributed by atoms with E-state index in [-0.39, 0.29) is 18.0 Å². The second-order valence-corrected chi connectivity index (χ2v) is 4.92. The summed E-state index contributed by atoms with van der Waals surface area (Å²) in [4.78, 5) is 11.3. The Hall–Kier alpha value is -0.570. The van der Waals surface area contributed by atoms with Crippen LogP contribution in [-0.4, -0.2) is 23.3 Å². The molecule has 0 aromatic rings. The monoisotopic (exact) mass is 214 g/mol. The van der Waals surface area contributed by atoms with Crippen LogP contribution < -0.4 is 0 Å². The van der Waals surface area contributed by atoms with Crippen LogP contribution >= 0.6 is 0 Å². The lowest BCUT2D eigenvalue weighted by Gasteiger charge is -2.11. The van der Waals surface area contributed by atoms with Gasteiger partial charge in [0.05, 0.1) is 5.92 Å². The number of cyclic esters (lactones) is 1. The second-order valence-electron chi connectivity index (χ2n) is 4.92. The Morgan fingerprint density at radius 2 is 2.07 bits per heavy atom. The van der Waals surface area contributed by atoms with Crippen LogP contribution in [0.25, 0.3) is 0 Å². The highest BCUT2D eigenvalue weighted by molar-refractivity contribution is 5.75. The highest BCUT2D eigenvalue weighted by atomic mass is 16.6. The fourth-order valence-corrected chi connectivity index (χ4v) is 2.01. The van der Waals surface area contributed by atoms with E-state index >= 15 is 0 Å². The van der Waals surface area contributed by atoms with Crippen molar-refractivity contribution < 1.29 is 14.6 Å². The maximum absolute atomic E-state index is 11.3. The minimum Gasteiger partial charge on any atom is -0.460 e. The first-order valence-corrected chi connectivity index (χ1v) is 5.91. The fourth-order valence-electron chi connectivity index (χ4n) is 2.01. The zero-order valence-corrected chi connectivity index (χ0v) is 9.90. The Balaban J connectivity index is 2.23. The number of rotatable bonds is 5. The van der Waals surface area contributed by atoms with Crippen LogP contribution in [0.1, 0.15) is 46.5 Å². The number of hydrogen-bond donors (Lipinski definition) is 1. The quantitative estimate of drug-likeness (QED) is 0.563. The summed E-state index contributed by atoms with van der Waals surface area (Å²) in [6.45, 7) is 6.14. The predicted octanol–water partition coefficient (Wildman–Crippen LogP) is 2.13. The molecular weight excluding hydrogens is 192 g/mol. The number of aliphatic hydroxyl groups is 1. The van der Waals surface area contributed by atoms with Gasteiger partial charge in [0.15, 0.2) is 0 Å². The summed E-state index contributed by atoms with van der Waals surface area (Å²) >= 11 is 0. The number of aliphatic hydroxyl groups excluding tert-OH is 1. The minimum atomic E-state index is -0.600. The predicted molar refractivity (Wildman–Crippen MR) is 58.4 cm³/mol. The molecule has 3 unspecified atom stereocenters. The summed E-state index contributed by atoms with van der Waals surface area (Å²) in [5.41, 5.74) is 0. The molecule has 0 aromatic heterocycles. The van der Waals surface area contributed by atoms with Crippen LogP contribution in [0.15, 0.2) is 0 Å². The van der Waals surface area contributed by atoms with Gasteiger partial charge in [0.2, 0.25) is 0 Å². The first-order valence-electron chi connectivity index (χ1n) is 5.91. The molecule has 0 aromatic carbocycles. The van der Waals surface area contributed by atoms with E-state index in [0.717, 1.165) is 19.3 Å². The average molecular weight is 214 g/mol. The zero-order valence-electron chi connectivity index (χ0n) is 9.90. The summed E-state index contributed by atoms with van der Waals surface area (Å²) in [5, 5.41) is 9.69. The summed E-state index contributed by atoms with van der Waals surface area (Å²) < 4.78 is 4.98. The van der Waals surface area contributed by atoms with E-state index in [1.165, 1.54) is 6.42 Å². The molecule has 1 saturated heterocycles. The van der Waals surface area contributed by atoms with Crippen molar-refractivity contribution in [1.82, 2.24) is 0 Å². The largest absolute Gasteiger partial charge is 0.460 e. The SMILES string of the molecule is CC(C)CCCCC1C(=O)OC(C)C1O. The second kappa shape index (κ2) is 5.50. The van der Waals surface area contributed by atoms with Crippen LogP contribution in [-0.2, 0) is 9.53 Å². The normalized spacial score (nSPS) is 31.0. The van der Waals surface area contributed by atoms with Crippen LogP contribution in [0, 0.1) is 11.8 Å². The van der Waals surface area contributed by atoms with Gasteiger partial charge in [-0.15, -0.1) is 0 Å². The highest BCUT2D eigenvalue weighted by Gasteiger charge is 2.40. The topological polar surface area (TPSA) is 46.5 Å². The van der Waals surface area contributed by atoms with Crippen molar-refractivity contribution in [1.29, 1.82) is 0 Å². The molecule has 0 saturated carbocycles. The molecular formula is C12H22O3. The number of hydrogen-bond acceptors (Lipinski definition) is 3. The number of carbonyl (C=O) groups is 1. The van der Waals surface area contributed by atoms with Gasteiger partial charge in [-0.1, -0.05) is 33.1 Å². The lowest BCUT2D eigenvalue weighted by Crippen LogP contribution is -2.24. The summed E-state index contributed by atoms with van der Waals surface area (Å²) in [6, 6.07) is 0. The van der Waals surface area contributed by atoms with Crippen molar-refractivity contribution >= 4 is 5.97 Å². The van der Waals surface area contributed by atoms with Crippen molar-refractivity contribution in [2.75, 3.05) is 0 Å². The van der Waals surface area contributed by atoms with Gasteiger partial charge in [-0.25, -0.2) is 0 Å². The van der Waals surface area contributed by atoms with Gasteiger partial charge in [0, 0.05) is 0 Å². The Morgan fingerprint density at radius 3 is 2.53 bits per heavy atom. The van der Waals surface area contributed by atoms with Crippen LogP contribution in [0.2, 0.25) is 0 Å². The molecule has 1 fully saturated rings. The third kappa shape index (κ3) is 3.49. The molecule has 15 heavy (non-hydrogen) atoms. The van der Waals surface area contributed by atoms with Gasteiger partial charge in [-0.2, -0.15) is 0 Å². The summed E-state index contributed by atoms with van der Waals surface area (Å²) in [5.74, 6) is 0.205. The number of ether oxygens (including phenoxy) is 1. The van der Waals surface area contributed by atoms with Crippen molar-refractivity contribution in [2.24, 2.45) is 11.8 Å². The number of esters is 1. The van der Waals surface area contributed by atoms with Crippen molar-refractivity contribution in [2.45, 2.75) is 58.7 Å². The van der Waals surface area contributed by atoms with Crippen molar-refractivity contribution in [3.8, 4) is 0 Å². The maximum Gasteiger partial charge on any atom is 0.312 e. The van der Waals surface area contributed by atoms with Gasteiger partial charge < -0.3 is 9.84 Å². The van der Waals surface area contributed by atoms with E-state index in [1.54, 1.807) is 6.92 Å². The molecule has 0 bridgehead atoms.